The number of hydrogen-bond acceptors (Lipinski definition) is 7. The van der Waals surface area contributed by atoms with E-state index >= 15 is 0 Å². The molecule has 1 saturated heterocycles. The molecule has 1 aliphatic carbocycles. The van der Waals surface area contributed by atoms with Crippen LogP contribution in [-0.4, -0.2) is 36.4 Å². The molecule has 7 nitrogen and oxygen atoms in total. The van der Waals surface area contributed by atoms with Crippen molar-refractivity contribution in [2.75, 3.05) is 0 Å². The average molecular weight is 563 g/mol. The summed E-state index contributed by atoms with van der Waals surface area (Å²) in [5.41, 5.74) is 0.906. The smallest absolute Gasteiger partial charge is 0.429 e. The molecule has 1 aliphatic heterocycles. The largest absolute Gasteiger partial charge is 0.743 e. The first-order chi connectivity index (χ1) is 18.0. The lowest BCUT2D eigenvalue weighted by Gasteiger charge is -2.25. The molecule has 1 heterocycles. The monoisotopic (exact) mass is 562 g/mol. The number of alkyl halides is 2. The molecular weight excluding hydrogens is 538 g/mol. The van der Waals surface area contributed by atoms with Crippen molar-refractivity contribution in [1.29, 1.82) is 0 Å². The molecule has 3 aromatic carbocycles. The maximum atomic E-state index is 13.5. The number of rotatable bonds is 7. The summed E-state index contributed by atoms with van der Waals surface area (Å²) in [5.74, 6) is -3.58. The first-order valence-electron chi connectivity index (χ1n) is 11.9. The van der Waals surface area contributed by atoms with E-state index in [0.29, 0.717) is 0 Å². The molecule has 3 atom stereocenters. The number of carbonyl (C=O) groups excluding carboxylic acids is 1. The molecule has 2 aliphatic rings. The van der Waals surface area contributed by atoms with Gasteiger partial charge >= 0.3 is 11.2 Å². The van der Waals surface area contributed by atoms with E-state index in [4.69, 9.17) is 9.47 Å². The van der Waals surface area contributed by atoms with Crippen molar-refractivity contribution in [3.63, 3.8) is 0 Å². The Morgan fingerprint density at radius 1 is 0.921 bits per heavy atom. The number of fused-ring (bicyclic) bond motifs is 1. The van der Waals surface area contributed by atoms with Crippen molar-refractivity contribution < 1.29 is 40.8 Å². The summed E-state index contributed by atoms with van der Waals surface area (Å²) in [6, 6.07) is 23.3. The van der Waals surface area contributed by atoms with Gasteiger partial charge in [0.15, 0.2) is 30.6 Å². The lowest BCUT2D eigenvalue weighted by molar-refractivity contribution is -0.174. The first kappa shape index (κ1) is 26.8. The van der Waals surface area contributed by atoms with Gasteiger partial charge in [-0.3, -0.25) is 0 Å². The zero-order valence-corrected chi connectivity index (χ0v) is 21.8. The van der Waals surface area contributed by atoms with Crippen LogP contribution in [0.5, 0.6) is 5.75 Å². The summed E-state index contributed by atoms with van der Waals surface area (Å²) in [7, 11) is -6.82. The van der Waals surface area contributed by atoms with E-state index in [9.17, 15) is 26.5 Å². The molecule has 0 spiro atoms. The Hall–Kier alpha value is -2.83. The average Bonchev–Trinajstić information content (AvgIpc) is 3.45. The lowest BCUT2D eigenvalue weighted by atomic mass is 10.1. The molecule has 38 heavy (non-hydrogen) atoms. The van der Waals surface area contributed by atoms with Crippen LogP contribution < -0.4 is 4.74 Å². The zero-order valence-electron chi connectivity index (χ0n) is 20.2. The molecule has 3 unspecified atom stereocenters. The third kappa shape index (κ3) is 5.08. The molecule has 0 bridgehead atoms. The fourth-order valence-electron chi connectivity index (χ4n) is 4.67. The van der Waals surface area contributed by atoms with Gasteiger partial charge in [0.25, 0.3) is 0 Å². The maximum absolute atomic E-state index is 13.5. The van der Waals surface area contributed by atoms with Crippen molar-refractivity contribution >= 4 is 27.0 Å². The van der Waals surface area contributed by atoms with Crippen LogP contribution in [0.4, 0.5) is 8.78 Å². The summed E-state index contributed by atoms with van der Waals surface area (Å²) in [4.78, 5) is 14.4. The van der Waals surface area contributed by atoms with Crippen molar-refractivity contribution in [2.45, 2.75) is 64.1 Å². The highest BCUT2D eigenvalue weighted by Gasteiger charge is 2.49. The Balaban J connectivity index is 1.41. The number of esters is 1. The standard InChI is InChI=1S/C27H24F2O7S2/c1-26(35-23-8-5-9-24(23)36-26)18-10-14-21(15-11-18)37(20-6-3-2-4-7-20)22-16-12-19(13-17-22)34-25(30)27(28,29)38(31,32)33/h2-4,6-7,10-17,23-24H,5,8-9H2,1H3. The molecule has 0 radical (unpaired) electrons. The van der Waals surface area contributed by atoms with E-state index in [0.717, 1.165) is 39.5 Å². The van der Waals surface area contributed by atoms with Gasteiger partial charge in [0.1, 0.15) is 5.75 Å². The summed E-state index contributed by atoms with van der Waals surface area (Å²) < 4.78 is 76.1. The number of ether oxygens (including phenoxy) is 3. The summed E-state index contributed by atoms with van der Waals surface area (Å²) in [6.45, 7) is 1.93. The Labute approximate surface area is 221 Å². The third-order valence-electron chi connectivity index (χ3n) is 6.56. The van der Waals surface area contributed by atoms with E-state index in [-0.39, 0.29) is 18.0 Å². The van der Waals surface area contributed by atoms with E-state index in [1.165, 1.54) is 12.1 Å². The zero-order chi connectivity index (χ0) is 27.1. The molecule has 3 aromatic rings. The Morgan fingerprint density at radius 3 is 1.95 bits per heavy atom. The fraction of sp³-hybridized carbons (Fsp3) is 0.296. The number of hydrogen-bond donors (Lipinski definition) is 0. The van der Waals surface area contributed by atoms with Gasteiger partial charge in [0.2, 0.25) is 0 Å². The van der Waals surface area contributed by atoms with Crippen LogP contribution in [0.1, 0.15) is 31.7 Å². The topological polar surface area (TPSA) is 102 Å². The van der Waals surface area contributed by atoms with Crippen molar-refractivity contribution in [3.05, 3.63) is 84.4 Å². The quantitative estimate of drug-likeness (QED) is 0.174. The minimum Gasteiger partial charge on any atom is -0.743 e. The highest BCUT2D eigenvalue weighted by atomic mass is 32.2. The second-order valence-corrected chi connectivity index (χ2v) is 12.6. The Morgan fingerprint density at radius 2 is 1.42 bits per heavy atom. The van der Waals surface area contributed by atoms with Crippen LogP contribution in [0.2, 0.25) is 0 Å². The van der Waals surface area contributed by atoms with Crippen LogP contribution in [0, 0.1) is 0 Å². The predicted molar refractivity (Wildman–Crippen MR) is 133 cm³/mol. The highest BCUT2D eigenvalue weighted by Crippen LogP contribution is 2.44. The number of halogens is 2. The SMILES string of the molecule is CC1(c2ccc([S+](c3ccccc3)c3ccc(OC(=O)C(F)(F)S(=O)(=O)[O-])cc3)cc2)OC2CCCC2O1. The summed E-state index contributed by atoms with van der Waals surface area (Å²) >= 11 is 0. The third-order valence-corrected chi connectivity index (χ3v) is 9.58. The van der Waals surface area contributed by atoms with E-state index in [2.05, 4.69) is 4.74 Å². The summed E-state index contributed by atoms with van der Waals surface area (Å²) in [6.07, 6.45) is 3.30. The highest BCUT2D eigenvalue weighted by molar-refractivity contribution is 7.97. The Bertz CT molecular complexity index is 1400. The van der Waals surface area contributed by atoms with Crippen molar-refractivity contribution in [2.24, 2.45) is 0 Å². The van der Waals surface area contributed by atoms with Crippen LogP contribution in [0.3, 0.4) is 0 Å². The molecule has 11 heteroatoms. The second kappa shape index (κ2) is 10.0. The van der Waals surface area contributed by atoms with Gasteiger partial charge in [-0.2, -0.15) is 8.78 Å². The molecule has 0 amide bonds. The molecule has 0 N–H and O–H groups in total. The number of benzene rings is 3. The lowest BCUT2D eigenvalue weighted by Crippen LogP contribution is -2.40. The predicted octanol–water partition coefficient (Wildman–Crippen LogP) is 4.97. The van der Waals surface area contributed by atoms with E-state index < -0.39 is 38.0 Å². The van der Waals surface area contributed by atoms with Gasteiger partial charge in [-0.25, -0.2) is 13.2 Å². The van der Waals surface area contributed by atoms with Gasteiger partial charge in [-0.1, -0.05) is 18.2 Å². The van der Waals surface area contributed by atoms with Gasteiger partial charge in [0.05, 0.1) is 23.1 Å². The molecule has 5 rings (SSSR count). The molecule has 0 aromatic heterocycles. The molecular formula is C27H24F2O7S2. The summed E-state index contributed by atoms with van der Waals surface area (Å²) in [5, 5.41) is -5.19. The van der Waals surface area contributed by atoms with Crippen LogP contribution in [0.25, 0.3) is 0 Å². The van der Waals surface area contributed by atoms with E-state index in [1.807, 2.05) is 61.5 Å². The number of carbonyl (C=O) groups is 1. The molecule has 200 valence electrons. The van der Waals surface area contributed by atoms with Gasteiger partial charge in [-0.15, -0.1) is 0 Å². The van der Waals surface area contributed by atoms with Crippen molar-refractivity contribution in [1.82, 2.24) is 0 Å². The second-order valence-electron chi connectivity index (χ2n) is 9.16. The van der Waals surface area contributed by atoms with Gasteiger partial charge in [-0.05, 0) is 86.8 Å². The van der Waals surface area contributed by atoms with Gasteiger partial charge < -0.3 is 18.8 Å². The Kier molecular flexibility index (Phi) is 7.08. The van der Waals surface area contributed by atoms with E-state index in [1.54, 1.807) is 12.1 Å². The maximum Gasteiger partial charge on any atom is 0.429 e. The fourth-order valence-corrected chi connectivity index (χ4v) is 6.98. The van der Waals surface area contributed by atoms with Crippen molar-refractivity contribution in [3.8, 4) is 5.75 Å². The van der Waals surface area contributed by atoms with Gasteiger partial charge in [0, 0.05) is 5.56 Å². The molecule has 2 fully saturated rings. The minimum absolute atomic E-state index is 0.111. The first-order valence-corrected chi connectivity index (χ1v) is 14.5. The van der Waals surface area contributed by atoms with Crippen LogP contribution in [-0.2, 0) is 41.1 Å². The molecule has 1 saturated carbocycles. The van der Waals surface area contributed by atoms with Crippen LogP contribution >= 0.6 is 0 Å². The minimum atomic E-state index is -6.21. The van der Waals surface area contributed by atoms with Crippen LogP contribution in [0.15, 0.2) is 93.5 Å². The normalized spacial score (nSPS) is 24.1.